The van der Waals surface area contributed by atoms with Gasteiger partial charge in [0.25, 0.3) is 5.91 Å². The Morgan fingerprint density at radius 3 is 2.32 bits per heavy atom. The van der Waals surface area contributed by atoms with E-state index in [2.05, 4.69) is 0 Å². The summed E-state index contributed by atoms with van der Waals surface area (Å²) in [6.07, 6.45) is 0.934. The molecule has 5 nitrogen and oxygen atoms in total. The maximum absolute atomic E-state index is 14.7. The minimum atomic E-state index is -1.00. The standard InChI is InChI=1S/C25H23FN2O3/c1-31-18-14-20-19(21(26)15-18)12-13-22(20)28(25(30)17-10-6-3-7-11-17)23(24(27)29)16-8-4-2-5-9-16/h2-11,14-15,22-23H,12-13H2,1H3,(H2,27,29)/t22-,23?/m1/s1. The lowest BCUT2D eigenvalue weighted by Crippen LogP contribution is -2.43. The Labute approximate surface area is 180 Å². The van der Waals surface area contributed by atoms with Gasteiger partial charge in [-0.05, 0) is 47.7 Å². The quantitative estimate of drug-likeness (QED) is 0.652. The number of rotatable bonds is 6. The second kappa shape index (κ2) is 8.60. The number of amides is 2. The van der Waals surface area contributed by atoms with Crippen LogP contribution in [-0.4, -0.2) is 23.8 Å². The molecule has 6 heteroatoms. The van der Waals surface area contributed by atoms with E-state index in [1.54, 1.807) is 54.6 Å². The van der Waals surface area contributed by atoms with Crippen molar-refractivity contribution in [3.63, 3.8) is 0 Å². The summed E-state index contributed by atoms with van der Waals surface area (Å²) >= 11 is 0. The average Bonchev–Trinajstić information content (AvgIpc) is 3.22. The molecule has 2 N–H and O–H groups in total. The van der Waals surface area contributed by atoms with Crippen LogP contribution >= 0.6 is 0 Å². The predicted molar refractivity (Wildman–Crippen MR) is 115 cm³/mol. The molecule has 0 spiro atoms. The highest BCUT2D eigenvalue weighted by Crippen LogP contribution is 2.43. The molecule has 2 amide bonds. The minimum absolute atomic E-state index is 0.339. The second-order valence-electron chi connectivity index (χ2n) is 7.53. The Kier molecular flexibility index (Phi) is 5.71. The van der Waals surface area contributed by atoms with Crippen molar-refractivity contribution in [2.24, 2.45) is 5.73 Å². The molecule has 1 unspecified atom stereocenters. The number of hydrogen-bond donors (Lipinski definition) is 1. The number of carbonyl (C=O) groups excluding carboxylic acids is 2. The number of benzene rings is 3. The van der Waals surface area contributed by atoms with Crippen molar-refractivity contribution in [1.82, 2.24) is 4.90 Å². The lowest BCUT2D eigenvalue weighted by Gasteiger charge is -2.36. The third-order valence-electron chi connectivity index (χ3n) is 5.72. The fourth-order valence-corrected chi connectivity index (χ4v) is 4.30. The molecule has 31 heavy (non-hydrogen) atoms. The second-order valence-corrected chi connectivity index (χ2v) is 7.53. The molecule has 1 aliphatic rings. The van der Waals surface area contributed by atoms with Gasteiger partial charge in [-0.1, -0.05) is 48.5 Å². The monoisotopic (exact) mass is 418 g/mol. The number of nitrogens with two attached hydrogens (primary N) is 1. The highest BCUT2D eigenvalue weighted by atomic mass is 19.1. The van der Waals surface area contributed by atoms with Gasteiger partial charge >= 0.3 is 0 Å². The van der Waals surface area contributed by atoms with Gasteiger partial charge in [0, 0.05) is 11.6 Å². The van der Waals surface area contributed by atoms with E-state index < -0.39 is 18.0 Å². The zero-order valence-corrected chi connectivity index (χ0v) is 17.1. The molecular formula is C25H23FN2O3. The molecule has 0 saturated carbocycles. The van der Waals surface area contributed by atoms with Crippen molar-refractivity contribution < 1.29 is 18.7 Å². The van der Waals surface area contributed by atoms with Crippen LogP contribution in [0.5, 0.6) is 5.75 Å². The third kappa shape index (κ3) is 3.89. The van der Waals surface area contributed by atoms with Crippen LogP contribution in [0.15, 0.2) is 72.8 Å². The van der Waals surface area contributed by atoms with E-state index in [9.17, 15) is 14.0 Å². The van der Waals surface area contributed by atoms with E-state index >= 15 is 0 Å². The van der Waals surface area contributed by atoms with E-state index in [1.165, 1.54) is 18.1 Å². The zero-order chi connectivity index (χ0) is 22.0. The smallest absolute Gasteiger partial charge is 0.255 e. The summed E-state index contributed by atoms with van der Waals surface area (Å²) in [7, 11) is 1.47. The number of halogens is 1. The first-order chi connectivity index (χ1) is 15.0. The van der Waals surface area contributed by atoms with E-state index in [-0.39, 0.29) is 11.7 Å². The van der Waals surface area contributed by atoms with E-state index in [1.807, 2.05) is 12.1 Å². The summed E-state index contributed by atoms with van der Waals surface area (Å²) in [6.45, 7) is 0. The van der Waals surface area contributed by atoms with Gasteiger partial charge in [-0.3, -0.25) is 9.59 Å². The number of carbonyl (C=O) groups is 2. The highest BCUT2D eigenvalue weighted by Gasteiger charge is 2.40. The molecular weight excluding hydrogens is 395 g/mol. The Morgan fingerprint density at radius 1 is 1.06 bits per heavy atom. The van der Waals surface area contributed by atoms with Gasteiger partial charge in [0.05, 0.1) is 13.2 Å². The molecule has 0 radical (unpaired) electrons. The summed E-state index contributed by atoms with van der Waals surface area (Å²) in [4.78, 5) is 27.9. The van der Waals surface area contributed by atoms with Crippen molar-refractivity contribution in [2.45, 2.75) is 24.9 Å². The molecule has 158 valence electrons. The van der Waals surface area contributed by atoms with E-state index in [4.69, 9.17) is 10.5 Å². The Bertz CT molecular complexity index is 1100. The topological polar surface area (TPSA) is 72.6 Å². The number of nitrogens with zero attached hydrogens (tertiary/aromatic N) is 1. The lowest BCUT2D eigenvalue weighted by atomic mass is 9.97. The fourth-order valence-electron chi connectivity index (χ4n) is 4.30. The number of methoxy groups -OCH3 is 1. The number of ether oxygens (including phenoxy) is 1. The first-order valence-electron chi connectivity index (χ1n) is 10.1. The molecule has 0 aromatic heterocycles. The molecule has 2 atom stereocenters. The molecule has 0 aliphatic heterocycles. The average molecular weight is 418 g/mol. The van der Waals surface area contributed by atoms with Crippen LogP contribution in [0.4, 0.5) is 4.39 Å². The predicted octanol–water partition coefficient (Wildman–Crippen LogP) is 4.19. The zero-order valence-electron chi connectivity index (χ0n) is 17.1. The van der Waals surface area contributed by atoms with Crippen molar-refractivity contribution in [3.8, 4) is 5.75 Å². The SMILES string of the molecule is COc1cc(F)c2c(c1)[C@H](N(C(=O)c1ccccc1)C(C(N)=O)c1ccccc1)CC2. The van der Waals surface area contributed by atoms with Crippen LogP contribution in [0, 0.1) is 5.82 Å². The summed E-state index contributed by atoms with van der Waals surface area (Å²) in [5.41, 5.74) is 8.04. The van der Waals surface area contributed by atoms with Gasteiger partial charge in [0.1, 0.15) is 17.6 Å². The van der Waals surface area contributed by atoms with E-state index in [0.29, 0.717) is 40.8 Å². The van der Waals surface area contributed by atoms with Crippen LogP contribution < -0.4 is 10.5 Å². The summed E-state index contributed by atoms with van der Waals surface area (Å²) in [6, 6.07) is 19.2. The molecule has 1 aliphatic carbocycles. The maximum Gasteiger partial charge on any atom is 0.255 e. The molecule has 0 fully saturated rings. The number of hydrogen-bond acceptors (Lipinski definition) is 3. The molecule has 3 aromatic carbocycles. The van der Waals surface area contributed by atoms with Crippen LogP contribution in [-0.2, 0) is 11.2 Å². The minimum Gasteiger partial charge on any atom is -0.497 e. The van der Waals surface area contributed by atoms with Crippen molar-refractivity contribution in [1.29, 1.82) is 0 Å². The maximum atomic E-state index is 14.7. The van der Waals surface area contributed by atoms with Gasteiger partial charge in [-0.2, -0.15) is 0 Å². The third-order valence-corrected chi connectivity index (χ3v) is 5.72. The summed E-state index contributed by atoms with van der Waals surface area (Å²) < 4.78 is 20.0. The van der Waals surface area contributed by atoms with E-state index in [0.717, 1.165) is 0 Å². The van der Waals surface area contributed by atoms with Crippen LogP contribution in [0.3, 0.4) is 0 Å². The van der Waals surface area contributed by atoms with Gasteiger partial charge in [0.15, 0.2) is 0 Å². The number of primary amides is 1. The molecule has 4 rings (SSSR count). The Balaban J connectivity index is 1.88. The molecule has 0 saturated heterocycles. The van der Waals surface area contributed by atoms with Gasteiger partial charge in [-0.15, -0.1) is 0 Å². The van der Waals surface area contributed by atoms with Crippen molar-refractivity contribution in [2.75, 3.05) is 7.11 Å². The number of fused-ring (bicyclic) bond motifs is 1. The van der Waals surface area contributed by atoms with Crippen molar-refractivity contribution >= 4 is 11.8 Å². The first kappa shape index (κ1) is 20.6. The van der Waals surface area contributed by atoms with Crippen LogP contribution in [0.2, 0.25) is 0 Å². The van der Waals surface area contributed by atoms with Crippen LogP contribution in [0.1, 0.15) is 45.6 Å². The van der Waals surface area contributed by atoms with Gasteiger partial charge in [0.2, 0.25) is 5.91 Å². The molecule has 3 aromatic rings. The fraction of sp³-hybridized carbons (Fsp3) is 0.200. The van der Waals surface area contributed by atoms with Crippen molar-refractivity contribution in [3.05, 3.63) is 101 Å². The lowest BCUT2D eigenvalue weighted by molar-refractivity contribution is -0.123. The molecule has 0 heterocycles. The summed E-state index contributed by atoms with van der Waals surface area (Å²) in [5, 5.41) is 0. The Hall–Kier alpha value is -3.67. The normalized spacial score (nSPS) is 15.7. The largest absolute Gasteiger partial charge is 0.497 e. The molecule has 0 bridgehead atoms. The highest BCUT2D eigenvalue weighted by molar-refractivity contribution is 5.98. The Morgan fingerprint density at radius 2 is 1.71 bits per heavy atom. The van der Waals surface area contributed by atoms with Crippen LogP contribution in [0.25, 0.3) is 0 Å². The van der Waals surface area contributed by atoms with Gasteiger partial charge < -0.3 is 15.4 Å². The van der Waals surface area contributed by atoms with Gasteiger partial charge in [-0.25, -0.2) is 4.39 Å². The first-order valence-corrected chi connectivity index (χ1v) is 10.1. The summed E-state index contributed by atoms with van der Waals surface area (Å²) in [5.74, 6) is -0.994.